The number of carbonyl (C=O) groups is 1. The number of thiophene rings is 1. The fourth-order valence-electron chi connectivity index (χ4n) is 3.67. The number of hydrogen-bond acceptors (Lipinski definition) is 5. The van der Waals surface area contributed by atoms with E-state index in [1.807, 2.05) is 40.1 Å². The van der Waals surface area contributed by atoms with Crippen LogP contribution in [0.15, 0.2) is 40.5 Å². The number of nitrogens with one attached hydrogen (secondary N) is 1. The summed E-state index contributed by atoms with van der Waals surface area (Å²) >= 11 is 1.42. The molecule has 0 unspecified atom stereocenters. The lowest BCUT2D eigenvalue weighted by Crippen LogP contribution is -2.24. The number of benzene rings is 1. The van der Waals surface area contributed by atoms with Crippen LogP contribution in [-0.4, -0.2) is 25.1 Å². The molecule has 0 saturated carbocycles. The first kappa shape index (κ1) is 21.2. The Morgan fingerprint density at radius 3 is 2.52 bits per heavy atom. The van der Waals surface area contributed by atoms with Gasteiger partial charge in [-0.05, 0) is 41.0 Å². The number of rotatable bonds is 7. The Morgan fingerprint density at radius 1 is 1.10 bits per heavy atom. The van der Waals surface area contributed by atoms with Gasteiger partial charge in [0, 0.05) is 25.1 Å². The molecule has 0 spiro atoms. The molecule has 0 saturated heterocycles. The predicted octanol–water partition coefficient (Wildman–Crippen LogP) is 4.46. The molecule has 1 amide bonds. The highest BCUT2D eigenvalue weighted by Gasteiger charge is 2.18. The summed E-state index contributed by atoms with van der Waals surface area (Å²) in [6, 6.07) is 9.84. The largest absolute Gasteiger partial charge is 0.326 e. The molecule has 3 aromatic heterocycles. The molecule has 4 aromatic rings. The molecule has 0 atom stereocenters. The van der Waals surface area contributed by atoms with E-state index in [4.69, 9.17) is 0 Å². The molecule has 4 rings (SSSR count). The van der Waals surface area contributed by atoms with Crippen molar-refractivity contribution in [2.45, 2.75) is 53.0 Å². The van der Waals surface area contributed by atoms with Crippen LogP contribution < -0.4 is 10.9 Å². The molecule has 31 heavy (non-hydrogen) atoms. The van der Waals surface area contributed by atoms with E-state index in [2.05, 4.69) is 43.2 Å². The molecule has 162 valence electrons. The SMILES string of the molecule is CC(C)Cn1c(=O)c2sccc2n2c(CCC(=O)Nc3ccc(C(C)C)cc3)nnc12. The summed E-state index contributed by atoms with van der Waals surface area (Å²) < 4.78 is 4.29. The summed E-state index contributed by atoms with van der Waals surface area (Å²) in [7, 11) is 0. The van der Waals surface area contributed by atoms with Crippen molar-refractivity contribution in [1.29, 1.82) is 0 Å². The average Bonchev–Trinajstić information content (AvgIpc) is 3.36. The summed E-state index contributed by atoms with van der Waals surface area (Å²) in [5.74, 6) is 1.89. The number of fused-ring (bicyclic) bond motifs is 3. The molecule has 0 bridgehead atoms. The van der Waals surface area contributed by atoms with Crippen LogP contribution in [0, 0.1) is 5.92 Å². The minimum Gasteiger partial charge on any atom is -0.326 e. The van der Waals surface area contributed by atoms with Crippen LogP contribution in [0.1, 0.15) is 51.4 Å². The van der Waals surface area contributed by atoms with Gasteiger partial charge in [0.1, 0.15) is 10.5 Å². The second-order valence-electron chi connectivity index (χ2n) is 8.52. The van der Waals surface area contributed by atoms with Gasteiger partial charge in [-0.2, -0.15) is 0 Å². The Labute approximate surface area is 184 Å². The first-order chi connectivity index (χ1) is 14.8. The molecule has 0 aliphatic carbocycles. The van der Waals surface area contributed by atoms with Crippen LogP contribution in [0.2, 0.25) is 0 Å². The van der Waals surface area contributed by atoms with E-state index in [1.165, 1.54) is 16.9 Å². The molecule has 1 N–H and O–H groups in total. The first-order valence-corrected chi connectivity index (χ1v) is 11.5. The molecule has 1 aromatic carbocycles. The third-order valence-electron chi connectivity index (χ3n) is 5.26. The van der Waals surface area contributed by atoms with Crippen LogP contribution in [0.5, 0.6) is 0 Å². The molecule has 0 radical (unpaired) electrons. The monoisotopic (exact) mass is 437 g/mol. The normalized spacial score (nSPS) is 11.8. The smallest absolute Gasteiger partial charge is 0.272 e. The number of carbonyl (C=O) groups excluding carboxylic acids is 1. The fourth-order valence-corrected chi connectivity index (χ4v) is 4.50. The van der Waals surface area contributed by atoms with Crippen molar-refractivity contribution >= 4 is 38.9 Å². The van der Waals surface area contributed by atoms with E-state index in [9.17, 15) is 9.59 Å². The van der Waals surface area contributed by atoms with Gasteiger partial charge in [0.05, 0.1) is 5.52 Å². The minimum absolute atomic E-state index is 0.0345. The first-order valence-electron chi connectivity index (χ1n) is 10.6. The molecular weight excluding hydrogens is 410 g/mol. The van der Waals surface area contributed by atoms with Crippen molar-refractivity contribution in [3.8, 4) is 0 Å². The van der Waals surface area contributed by atoms with Gasteiger partial charge in [0.15, 0.2) is 0 Å². The quantitative estimate of drug-likeness (QED) is 0.463. The standard InChI is InChI=1S/C23H27N5O2S/c1-14(2)13-27-22(30)21-18(11-12-31-21)28-19(25-26-23(27)28)9-10-20(29)24-17-7-5-16(6-8-17)15(3)4/h5-8,11-12,14-15H,9-10,13H2,1-4H3,(H,24,29). The maximum Gasteiger partial charge on any atom is 0.272 e. The Hall–Kier alpha value is -3.00. The third kappa shape index (κ3) is 4.25. The molecule has 7 nitrogen and oxygen atoms in total. The zero-order valence-corrected chi connectivity index (χ0v) is 19.1. The highest BCUT2D eigenvalue weighted by molar-refractivity contribution is 7.17. The predicted molar refractivity (Wildman–Crippen MR) is 125 cm³/mol. The maximum atomic E-state index is 12.9. The van der Waals surface area contributed by atoms with Crippen molar-refractivity contribution in [2.75, 3.05) is 5.32 Å². The number of anilines is 1. The van der Waals surface area contributed by atoms with Gasteiger partial charge < -0.3 is 5.32 Å². The van der Waals surface area contributed by atoms with E-state index >= 15 is 0 Å². The summed E-state index contributed by atoms with van der Waals surface area (Å²) in [5, 5.41) is 13.5. The maximum absolute atomic E-state index is 12.9. The second-order valence-corrected chi connectivity index (χ2v) is 9.44. The topological polar surface area (TPSA) is 81.3 Å². The lowest BCUT2D eigenvalue weighted by Gasteiger charge is -2.11. The molecular formula is C23H27N5O2S. The van der Waals surface area contributed by atoms with Crippen LogP contribution >= 0.6 is 11.3 Å². The minimum atomic E-state index is -0.0777. The van der Waals surface area contributed by atoms with Gasteiger partial charge in [-0.3, -0.25) is 18.6 Å². The molecule has 0 fully saturated rings. The zero-order chi connectivity index (χ0) is 22.1. The van der Waals surface area contributed by atoms with Crippen LogP contribution in [0.3, 0.4) is 0 Å². The Balaban J connectivity index is 1.57. The number of nitrogens with zero attached hydrogens (tertiary/aromatic N) is 4. The highest BCUT2D eigenvalue weighted by atomic mass is 32.1. The van der Waals surface area contributed by atoms with Gasteiger partial charge in [-0.15, -0.1) is 21.5 Å². The van der Waals surface area contributed by atoms with Gasteiger partial charge in [0.25, 0.3) is 5.56 Å². The van der Waals surface area contributed by atoms with Crippen LogP contribution in [-0.2, 0) is 17.8 Å². The van der Waals surface area contributed by atoms with E-state index in [0.717, 1.165) is 11.2 Å². The lowest BCUT2D eigenvalue weighted by atomic mass is 10.0. The molecule has 0 aliphatic rings. The fraction of sp³-hybridized carbons (Fsp3) is 0.391. The summed E-state index contributed by atoms with van der Waals surface area (Å²) in [6.07, 6.45) is 0.712. The Morgan fingerprint density at radius 2 is 1.84 bits per heavy atom. The number of amides is 1. The van der Waals surface area contributed by atoms with Gasteiger partial charge >= 0.3 is 0 Å². The zero-order valence-electron chi connectivity index (χ0n) is 18.3. The van der Waals surface area contributed by atoms with E-state index < -0.39 is 0 Å². The van der Waals surface area contributed by atoms with Gasteiger partial charge in [0.2, 0.25) is 11.7 Å². The van der Waals surface area contributed by atoms with Crippen molar-refractivity contribution in [3.63, 3.8) is 0 Å². The number of hydrogen-bond donors (Lipinski definition) is 1. The molecule has 8 heteroatoms. The van der Waals surface area contributed by atoms with Crippen LogP contribution in [0.25, 0.3) is 16.0 Å². The summed E-state index contributed by atoms with van der Waals surface area (Å²) in [4.78, 5) is 25.4. The second kappa shape index (κ2) is 8.63. The number of aryl methyl sites for hydroxylation is 1. The third-order valence-corrected chi connectivity index (χ3v) is 6.16. The lowest BCUT2D eigenvalue weighted by molar-refractivity contribution is -0.116. The van der Waals surface area contributed by atoms with Gasteiger partial charge in [-0.25, -0.2) is 0 Å². The van der Waals surface area contributed by atoms with Crippen molar-refractivity contribution in [1.82, 2.24) is 19.2 Å². The Bertz CT molecular complexity index is 1280. The highest BCUT2D eigenvalue weighted by Crippen LogP contribution is 2.21. The molecule has 3 heterocycles. The average molecular weight is 438 g/mol. The van der Waals surface area contributed by atoms with Gasteiger partial charge in [-0.1, -0.05) is 39.8 Å². The van der Waals surface area contributed by atoms with E-state index in [0.29, 0.717) is 41.1 Å². The Kier molecular flexibility index (Phi) is 5.91. The van der Waals surface area contributed by atoms with E-state index in [1.54, 1.807) is 4.57 Å². The van der Waals surface area contributed by atoms with E-state index in [-0.39, 0.29) is 17.9 Å². The summed E-state index contributed by atoms with van der Waals surface area (Å²) in [5.41, 5.74) is 2.79. The summed E-state index contributed by atoms with van der Waals surface area (Å²) in [6.45, 7) is 8.98. The van der Waals surface area contributed by atoms with Crippen LogP contribution in [0.4, 0.5) is 5.69 Å². The van der Waals surface area contributed by atoms with Crippen molar-refractivity contribution < 1.29 is 4.79 Å². The molecule has 0 aliphatic heterocycles. The number of aromatic nitrogens is 4. The van der Waals surface area contributed by atoms with Crippen molar-refractivity contribution in [2.24, 2.45) is 5.92 Å². The van der Waals surface area contributed by atoms with Crippen molar-refractivity contribution in [3.05, 3.63) is 57.5 Å².